The predicted molar refractivity (Wildman–Crippen MR) is 122 cm³/mol. The number of aromatic nitrogens is 1. The fraction of sp³-hybridized carbons (Fsp3) is 0.292. The highest BCUT2D eigenvalue weighted by Crippen LogP contribution is 2.39. The van der Waals surface area contributed by atoms with E-state index >= 15 is 0 Å². The third kappa shape index (κ3) is 4.77. The average Bonchev–Trinajstić information content (AvgIpc) is 3.04. The van der Waals surface area contributed by atoms with Gasteiger partial charge >= 0.3 is 6.03 Å². The molecule has 0 saturated carbocycles. The van der Waals surface area contributed by atoms with Gasteiger partial charge in [0.1, 0.15) is 0 Å². The number of methoxy groups -OCH3 is 3. The van der Waals surface area contributed by atoms with Crippen molar-refractivity contribution in [1.29, 1.82) is 0 Å². The number of nitrogens with one attached hydrogen (secondary N) is 2. The highest BCUT2D eigenvalue weighted by atomic mass is 16.5. The molecule has 31 heavy (non-hydrogen) atoms. The number of hydrogen-bond donors (Lipinski definition) is 2. The van der Waals surface area contributed by atoms with E-state index in [0.717, 1.165) is 22.6 Å². The van der Waals surface area contributed by atoms with E-state index in [1.54, 1.807) is 12.1 Å². The third-order valence-corrected chi connectivity index (χ3v) is 5.16. The Morgan fingerprint density at radius 1 is 0.935 bits per heavy atom. The summed E-state index contributed by atoms with van der Waals surface area (Å²) in [6.45, 7) is 6.60. The van der Waals surface area contributed by atoms with Gasteiger partial charge in [-0.3, -0.25) is 0 Å². The number of rotatable bonds is 7. The summed E-state index contributed by atoms with van der Waals surface area (Å²) in [5.74, 6) is 1.41. The van der Waals surface area contributed by atoms with Crippen LogP contribution in [0.3, 0.4) is 0 Å². The van der Waals surface area contributed by atoms with Crippen LogP contribution in [-0.2, 0) is 6.54 Å². The Morgan fingerprint density at radius 2 is 1.61 bits per heavy atom. The number of amides is 2. The summed E-state index contributed by atoms with van der Waals surface area (Å²) in [4.78, 5) is 12.5. The van der Waals surface area contributed by atoms with Crippen molar-refractivity contribution < 1.29 is 19.0 Å². The standard InChI is InChI=1S/C24H29N3O4/c1-15-8-7-9-20(10-15)27-16(2)11-18(17(27)3)14-25-24(28)26-19-12-21(29-4)23(31-6)22(13-19)30-5/h7-13H,14H2,1-6H3,(H2,25,26,28). The summed E-state index contributed by atoms with van der Waals surface area (Å²) in [5, 5.41) is 5.74. The zero-order chi connectivity index (χ0) is 22.5. The van der Waals surface area contributed by atoms with Crippen LogP contribution in [0, 0.1) is 20.8 Å². The lowest BCUT2D eigenvalue weighted by atomic mass is 10.2. The van der Waals surface area contributed by atoms with Gasteiger partial charge in [0.2, 0.25) is 5.75 Å². The molecule has 164 valence electrons. The van der Waals surface area contributed by atoms with Gasteiger partial charge in [0.05, 0.1) is 27.0 Å². The van der Waals surface area contributed by atoms with Gasteiger partial charge in [-0.2, -0.15) is 0 Å². The second-order valence-corrected chi connectivity index (χ2v) is 7.29. The molecule has 0 bridgehead atoms. The number of benzene rings is 2. The third-order valence-electron chi connectivity index (χ3n) is 5.16. The van der Waals surface area contributed by atoms with E-state index in [1.807, 2.05) is 6.07 Å². The van der Waals surface area contributed by atoms with Gasteiger partial charge in [-0.05, 0) is 50.1 Å². The first-order valence-electron chi connectivity index (χ1n) is 9.97. The zero-order valence-corrected chi connectivity index (χ0v) is 18.8. The Morgan fingerprint density at radius 3 is 2.19 bits per heavy atom. The fourth-order valence-corrected chi connectivity index (χ4v) is 3.68. The summed E-state index contributed by atoms with van der Waals surface area (Å²) in [6, 6.07) is 13.5. The molecule has 3 aromatic rings. The molecule has 1 heterocycles. The maximum atomic E-state index is 12.5. The van der Waals surface area contributed by atoms with Crippen LogP contribution in [0.1, 0.15) is 22.5 Å². The molecular formula is C24H29N3O4. The lowest BCUT2D eigenvalue weighted by Gasteiger charge is -2.15. The zero-order valence-electron chi connectivity index (χ0n) is 18.8. The van der Waals surface area contributed by atoms with Crippen LogP contribution in [0.25, 0.3) is 5.69 Å². The maximum Gasteiger partial charge on any atom is 0.319 e. The first-order valence-corrected chi connectivity index (χ1v) is 9.97. The van der Waals surface area contributed by atoms with E-state index < -0.39 is 0 Å². The summed E-state index contributed by atoms with van der Waals surface area (Å²) in [6.07, 6.45) is 0. The molecule has 0 atom stereocenters. The number of nitrogens with zero attached hydrogens (tertiary/aromatic N) is 1. The van der Waals surface area contributed by atoms with Gasteiger partial charge in [0.15, 0.2) is 11.5 Å². The van der Waals surface area contributed by atoms with E-state index in [2.05, 4.69) is 60.2 Å². The monoisotopic (exact) mass is 423 g/mol. The van der Waals surface area contributed by atoms with Gasteiger partial charge in [-0.1, -0.05) is 12.1 Å². The van der Waals surface area contributed by atoms with E-state index in [1.165, 1.54) is 26.9 Å². The van der Waals surface area contributed by atoms with Crippen LogP contribution in [0.15, 0.2) is 42.5 Å². The van der Waals surface area contributed by atoms with E-state index in [-0.39, 0.29) is 6.03 Å². The van der Waals surface area contributed by atoms with Crippen molar-refractivity contribution in [1.82, 2.24) is 9.88 Å². The van der Waals surface area contributed by atoms with Crippen LogP contribution < -0.4 is 24.8 Å². The molecule has 0 aliphatic heterocycles. The lowest BCUT2D eigenvalue weighted by molar-refractivity contribution is 0.251. The molecule has 3 rings (SSSR count). The van der Waals surface area contributed by atoms with E-state index in [4.69, 9.17) is 14.2 Å². The fourth-order valence-electron chi connectivity index (χ4n) is 3.68. The Kier molecular flexibility index (Phi) is 6.74. The van der Waals surface area contributed by atoms with Crippen LogP contribution in [-0.4, -0.2) is 31.9 Å². The van der Waals surface area contributed by atoms with Gasteiger partial charge < -0.3 is 29.4 Å². The first-order chi connectivity index (χ1) is 14.9. The Balaban J connectivity index is 1.73. The smallest absolute Gasteiger partial charge is 0.319 e. The number of carbonyl (C=O) groups excluding carboxylic acids is 1. The van der Waals surface area contributed by atoms with Crippen LogP contribution in [0.5, 0.6) is 17.2 Å². The molecule has 0 unspecified atom stereocenters. The Bertz CT molecular complexity index is 1060. The largest absolute Gasteiger partial charge is 0.493 e. The molecule has 0 radical (unpaired) electrons. The summed E-state index contributed by atoms with van der Waals surface area (Å²) < 4.78 is 18.2. The van der Waals surface area contributed by atoms with Crippen molar-refractivity contribution in [2.75, 3.05) is 26.6 Å². The van der Waals surface area contributed by atoms with Crippen molar-refractivity contribution in [3.8, 4) is 22.9 Å². The molecule has 2 aromatic carbocycles. The van der Waals surface area contributed by atoms with Crippen molar-refractivity contribution in [3.05, 3.63) is 65.0 Å². The normalized spacial score (nSPS) is 10.5. The number of aryl methyl sites for hydroxylation is 2. The number of anilines is 1. The summed E-state index contributed by atoms with van der Waals surface area (Å²) in [5.41, 5.74) is 6.12. The Labute approximate surface area is 182 Å². The van der Waals surface area contributed by atoms with Gasteiger partial charge in [0.25, 0.3) is 0 Å². The van der Waals surface area contributed by atoms with Crippen LogP contribution in [0.2, 0.25) is 0 Å². The van der Waals surface area contributed by atoms with Crippen LogP contribution in [0.4, 0.5) is 10.5 Å². The SMILES string of the molecule is COc1cc(NC(=O)NCc2cc(C)n(-c3cccc(C)c3)c2C)cc(OC)c1OC. The molecule has 2 N–H and O–H groups in total. The molecule has 0 aliphatic rings. The van der Waals surface area contributed by atoms with E-state index in [9.17, 15) is 4.79 Å². The number of hydrogen-bond acceptors (Lipinski definition) is 4. The summed E-state index contributed by atoms with van der Waals surface area (Å²) >= 11 is 0. The second kappa shape index (κ2) is 9.47. The van der Waals surface area contributed by atoms with Gasteiger partial charge in [-0.15, -0.1) is 0 Å². The number of carbonyl (C=O) groups is 1. The second-order valence-electron chi connectivity index (χ2n) is 7.29. The summed E-state index contributed by atoms with van der Waals surface area (Å²) in [7, 11) is 4.60. The average molecular weight is 424 g/mol. The number of urea groups is 1. The topological polar surface area (TPSA) is 73.8 Å². The molecule has 1 aromatic heterocycles. The van der Waals surface area contributed by atoms with Crippen molar-refractivity contribution >= 4 is 11.7 Å². The highest BCUT2D eigenvalue weighted by Gasteiger charge is 2.15. The quantitative estimate of drug-likeness (QED) is 0.575. The highest BCUT2D eigenvalue weighted by molar-refractivity contribution is 5.90. The Hall–Kier alpha value is -3.61. The van der Waals surface area contributed by atoms with Gasteiger partial charge in [0, 0.05) is 35.8 Å². The molecule has 0 spiro atoms. The molecule has 0 aliphatic carbocycles. The number of ether oxygens (including phenoxy) is 3. The minimum Gasteiger partial charge on any atom is -0.493 e. The lowest BCUT2D eigenvalue weighted by Crippen LogP contribution is -2.28. The molecule has 0 fully saturated rings. The van der Waals surface area contributed by atoms with Crippen molar-refractivity contribution in [2.45, 2.75) is 27.3 Å². The molecule has 2 amide bonds. The van der Waals surface area contributed by atoms with Crippen molar-refractivity contribution in [2.24, 2.45) is 0 Å². The van der Waals surface area contributed by atoms with E-state index in [0.29, 0.717) is 29.5 Å². The van der Waals surface area contributed by atoms with Gasteiger partial charge in [-0.25, -0.2) is 4.79 Å². The molecule has 7 heteroatoms. The molecular weight excluding hydrogens is 394 g/mol. The molecule has 7 nitrogen and oxygen atoms in total. The molecule has 0 saturated heterocycles. The minimum atomic E-state index is -0.324. The van der Waals surface area contributed by atoms with Crippen LogP contribution >= 0.6 is 0 Å². The first kappa shape index (κ1) is 22.1. The minimum absolute atomic E-state index is 0.324. The predicted octanol–water partition coefficient (Wildman–Crippen LogP) is 4.75. The maximum absolute atomic E-state index is 12.5. The van der Waals surface area contributed by atoms with Crippen molar-refractivity contribution in [3.63, 3.8) is 0 Å².